The van der Waals surface area contributed by atoms with Crippen molar-refractivity contribution < 1.29 is 4.98 Å². The van der Waals surface area contributed by atoms with Crippen molar-refractivity contribution in [3.8, 4) is 9.88 Å². The number of thiophene rings is 1. The maximum absolute atomic E-state index is 3.17. The van der Waals surface area contributed by atoms with Crippen molar-refractivity contribution in [3.63, 3.8) is 0 Å². The summed E-state index contributed by atoms with van der Waals surface area (Å²) in [6.45, 7) is 0. The predicted molar refractivity (Wildman–Crippen MR) is 44.2 cm³/mol. The highest BCUT2D eigenvalue weighted by molar-refractivity contribution is 7.19. The molecule has 0 aliphatic rings. The lowest BCUT2D eigenvalue weighted by atomic mass is 10.5. The lowest BCUT2D eigenvalue weighted by Crippen LogP contribution is -1.95. The van der Waals surface area contributed by atoms with Crippen LogP contribution in [0.5, 0.6) is 0 Å². The van der Waals surface area contributed by atoms with Gasteiger partial charge in [-0.2, -0.15) is 0 Å². The smallest absolute Gasteiger partial charge is 0.201 e. The number of hydrogen-bond acceptors (Lipinski definition) is 2. The molecule has 2 aromatic heterocycles. The van der Waals surface area contributed by atoms with Gasteiger partial charge in [0.15, 0.2) is 6.20 Å². The van der Waals surface area contributed by atoms with Gasteiger partial charge in [-0.25, -0.2) is 4.98 Å². The van der Waals surface area contributed by atoms with Crippen molar-refractivity contribution in [1.82, 2.24) is 0 Å². The second-order valence-corrected chi connectivity index (χ2v) is 3.74. The first-order valence-corrected chi connectivity index (χ1v) is 4.72. The molecule has 0 unspecified atom stereocenters. The van der Waals surface area contributed by atoms with E-state index in [-0.39, 0.29) is 0 Å². The van der Waals surface area contributed by atoms with Crippen LogP contribution in [0.2, 0.25) is 0 Å². The molecule has 10 heavy (non-hydrogen) atoms. The lowest BCUT2D eigenvalue weighted by molar-refractivity contribution is -0.357. The number of aromatic amines is 1. The van der Waals surface area contributed by atoms with E-state index >= 15 is 0 Å². The summed E-state index contributed by atoms with van der Waals surface area (Å²) in [5.74, 6) is 0. The van der Waals surface area contributed by atoms with E-state index in [1.165, 1.54) is 9.88 Å². The Morgan fingerprint density at radius 2 is 2.20 bits per heavy atom. The first-order valence-electron chi connectivity index (χ1n) is 2.96. The minimum absolute atomic E-state index is 1.25. The molecular formula is C7H6NS2+. The van der Waals surface area contributed by atoms with Crippen LogP contribution in [0, 0.1) is 0 Å². The predicted octanol–water partition coefficient (Wildman–Crippen LogP) is 2.29. The molecule has 0 fully saturated rings. The Bertz CT molecular complexity index is 251. The van der Waals surface area contributed by atoms with Crippen molar-refractivity contribution in [2.45, 2.75) is 0 Å². The zero-order valence-corrected chi connectivity index (χ0v) is 6.84. The van der Waals surface area contributed by atoms with Crippen LogP contribution in [0.25, 0.3) is 9.88 Å². The molecule has 2 aromatic rings. The summed E-state index contributed by atoms with van der Waals surface area (Å²) < 4.78 is 0. The maximum Gasteiger partial charge on any atom is 0.277 e. The lowest BCUT2D eigenvalue weighted by Gasteiger charge is -1.76. The van der Waals surface area contributed by atoms with Gasteiger partial charge in [-0.15, -0.1) is 11.3 Å². The second kappa shape index (κ2) is 2.52. The topological polar surface area (TPSA) is 14.1 Å². The number of H-pyrrole nitrogens is 1. The fourth-order valence-electron chi connectivity index (χ4n) is 0.783. The van der Waals surface area contributed by atoms with Crippen LogP contribution < -0.4 is 4.98 Å². The van der Waals surface area contributed by atoms with E-state index in [4.69, 9.17) is 0 Å². The van der Waals surface area contributed by atoms with E-state index < -0.39 is 0 Å². The van der Waals surface area contributed by atoms with Crippen molar-refractivity contribution in [3.05, 3.63) is 29.1 Å². The molecule has 1 N–H and O–H groups in total. The van der Waals surface area contributed by atoms with Gasteiger partial charge >= 0.3 is 0 Å². The number of thiazole rings is 1. The first-order chi connectivity index (χ1) is 4.97. The van der Waals surface area contributed by atoms with E-state index in [0.717, 1.165) is 0 Å². The third kappa shape index (κ3) is 0.978. The molecule has 0 aromatic carbocycles. The van der Waals surface area contributed by atoms with Gasteiger partial charge in [-0.05, 0) is 11.4 Å². The molecule has 0 radical (unpaired) electrons. The van der Waals surface area contributed by atoms with E-state index in [9.17, 15) is 0 Å². The Hall–Kier alpha value is -0.670. The fraction of sp³-hybridized carbons (Fsp3) is 0. The molecule has 50 valence electrons. The monoisotopic (exact) mass is 168 g/mol. The zero-order valence-electron chi connectivity index (χ0n) is 5.20. The highest BCUT2D eigenvalue weighted by atomic mass is 32.1. The van der Waals surface area contributed by atoms with Crippen LogP contribution in [-0.2, 0) is 0 Å². The fourth-order valence-corrected chi connectivity index (χ4v) is 2.29. The number of rotatable bonds is 1. The highest BCUT2D eigenvalue weighted by Crippen LogP contribution is 2.23. The summed E-state index contributed by atoms with van der Waals surface area (Å²) >= 11 is 3.50. The van der Waals surface area contributed by atoms with Gasteiger partial charge in [0.2, 0.25) is 0 Å². The van der Waals surface area contributed by atoms with Gasteiger partial charge in [-0.1, -0.05) is 17.4 Å². The van der Waals surface area contributed by atoms with E-state index in [0.29, 0.717) is 0 Å². The normalized spacial score (nSPS) is 10.0. The summed E-state index contributed by atoms with van der Waals surface area (Å²) in [4.78, 5) is 4.48. The summed E-state index contributed by atoms with van der Waals surface area (Å²) in [5, 5.41) is 5.38. The van der Waals surface area contributed by atoms with Gasteiger partial charge in [0.1, 0.15) is 4.88 Å². The first kappa shape index (κ1) is 6.07. The van der Waals surface area contributed by atoms with E-state index in [2.05, 4.69) is 27.9 Å². The Morgan fingerprint density at radius 3 is 2.80 bits per heavy atom. The molecule has 0 aliphatic carbocycles. The summed E-state index contributed by atoms with van der Waals surface area (Å²) in [5.41, 5.74) is 0. The van der Waals surface area contributed by atoms with Gasteiger partial charge in [-0.3, -0.25) is 0 Å². The molecule has 0 aliphatic heterocycles. The van der Waals surface area contributed by atoms with Crippen LogP contribution in [0.1, 0.15) is 0 Å². The van der Waals surface area contributed by atoms with Crippen molar-refractivity contribution >= 4 is 22.7 Å². The van der Waals surface area contributed by atoms with Gasteiger partial charge in [0.25, 0.3) is 5.01 Å². The van der Waals surface area contributed by atoms with Crippen LogP contribution >= 0.6 is 22.7 Å². The molecule has 0 atom stereocenters. The minimum Gasteiger partial charge on any atom is -0.201 e. The van der Waals surface area contributed by atoms with Crippen LogP contribution in [0.3, 0.4) is 0 Å². The minimum atomic E-state index is 1.25. The number of aromatic nitrogens is 1. The van der Waals surface area contributed by atoms with Gasteiger partial charge in [0, 0.05) is 0 Å². The molecular weight excluding hydrogens is 162 g/mol. The Morgan fingerprint density at radius 1 is 1.20 bits per heavy atom. The number of nitrogens with one attached hydrogen (secondary N) is 1. The molecule has 0 bridgehead atoms. The van der Waals surface area contributed by atoms with Crippen LogP contribution in [-0.4, -0.2) is 0 Å². The Kier molecular flexibility index (Phi) is 1.53. The van der Waals surface area contributed by atoms with Gasteiger partial charge < -0.3 is 0 Å². The van der Waals surface area contributed by atoms with Crippen LogP contribution in [0.15, 0.2) is 29.1 Å². The molecule has 0 spiro atoms. The van der Waals surface area contributed by atoms with Crippen molar-refractivity contribution in [2.24, 2.45) is 0 Å². The molecule has 2 rings (SSSR count). The van der Waals surface area contributed by atoms with Gasteiger partial charge in [0.05, 0.1) is 5.38 Å². The molecule has 3 heteroatoms. The zero-order chi connectivity index (χ0) is 6.81. The second-order valence-electron chi connectivity index (χ2n) is 1.87. The standard InChI is InChI=1S/C7H5NS2/c1-2-6(9-4-1)7-8-3-5-10-7/h1-5H/p+1. The molecule has 2 heterocycles. The molecule has 0 saturated carbocycles. The quantitative estimate of drug-likeness (QED) is 0.620. The van der Waals surface area contributed by atoms with E-state index in [1.807, 2.05) is 6.20 Å². The molecule has 0 amide bonds. The average Bonchev–Trinajstić information content (AvgIpc) is 2.59. The van der Waals surface area contributed by atoms with E-state index in [1.54, 1.807) is 22.7 Å². The van der Waals surface area contributed by atoms with Crippen molar-refractivity contribution in [2.75, 3.05) is 0 Å². The Balaban J connectivity index is 2.48. The third-order valence-electron chi connectivity index (χ3n) is 1.21. The molecule has 1 nitrogen and oxygen atoms in total. The number of hydrogen-bond donors (Lipinski definition) is 0. The van der Waals surface area contributed by atoms with Crippen LogP contribution in [0.4, 0.5) is 0 Å². The Labute approximate surface area is 67.0 Å². The summed E-state index contributed by atoms with van der Waals surface area (Å²) in [7, 11) is 0. The SMILES string of the molecule is c1csc(-c2[nH+]ccs2)c1. The highest BCUT2D eigenvalue weighted by Gasteiger charge is 2.05. The average molecular weight is 168 g/mol. The largest absolute Gasteiger partial charge is 0.277 e. The summed E-state index contributed by atoms with van der Waals surface area (Å²) in [6.07, 6.45) is 1.96. The third-order valence-corrected chi connectivity index (χ3v) is 3.08. The molecule has 0 saturated heterocycles. The summed E-state index contributed by atoms with van der Waals surface area (Å²) in [6, 6.07) is 4.18. The maximum atomic E-state index is 3.17. The van der Waals surface area contributed by atoms with Crippen molar-refractivity contribution in [1.29, 1.82) is 0 Å².